The largest absolute Gasteiger partial charge is 0.421 e. The number of halogens is 3. The van der Waals surface area contributed by atoms with E-state index in [1.54, 1.807) is 6.07 Å². The van der Waals surface area contributed by atoms with E-state index in [0.717, 1.165) is 30.5 Å². The molecule has 4 aromatic rings. The molecule has 33 heavy (non-hydrogen) atoms. The van der Waals surface area contributed by atoms with Crippen molar-refractivity contribution in [3.8, 4) is 23.0 Å². The van der Waals surface area contributed by atoms with E-state index in [9.17, 15) is 13.9 Å². The average molecular weight is 472 g/mol. The fourth-order valence-corrected chi connectivity index (χ4v) is 4.23. The molecule has 2 aromatic carbocycles. The maximum Gasteiger partial charge on any atom is 0.326 e. The Balaban J connectivity index is 1.62. The van der Waals surface area contributed by atoms with Crippen LogP contribution in [0.1, 0.15) is 12.8 Å². The molecular formula is C23H20ClF2N5O2. The minimum atomic E-state index is -0.859. The van der Waals surface area contributed by atoms with Crippen LogP contribution in [0.4, 0.5) is 14.6 Å². The number of rotatable bonds is 5. The Labute approximate surface area is 193 Å². The number of H-pyrrole nitrogens is 1. The van der Waals surface area contributed by atoms with Crippen molar-refractivity contribution < 1.29 is 18.6 Å². The van der Waals surface area contributed by atoms with Crippen LogP contribution < -0.4 is 9.64 Å². The zero-order valence-corrected chi connectivity index (χ0v) is 18.2. The van der Waals surface area contributed by atoms with Gasteiger partial charge in [0.1, 0.15) is 11.6 Å². The molecule has 1 fully saturated rings. The monoisotopic (exact) mass is 471 g/mol. The number of piperidine rings is 1. The molecular weight excluding hydrogens is 452 g/mol. The second kappa shape index (κ2) is 8.92. The molecule has 2 N–H and O–H groups in total. The number of anilines is 1. The predicted molar refractivity (Wildman–Crippen MR) is 121 cm³/mol. The first kappa shape index (κ1) is 21.5. The standard InChI is InChI=1S/C23H20ClF2N5O2/c24-16-4-2-1-3-15(16)20-19-21(30-29-20)27-23(33-18-6-5-14(25)11-17(18)26)28-22(19)31-9-7-13(12-32)8-10-31/h1-6,11,13,32H,7-10,12H2,(H,27,28,29,30). The molecule has 1 aliphatic rings. The number of fused-ring (bicyclic) bond motifs is 1. The average Bonchev–Trinajstić information content (AvgIpc) is 3.24. The molecule has 170 valence electrons. The summed E-state index contributed by atoms with van der Waals surface area (Å²) in [6.45, 7) is 1.46. The van der Waals surface area contributed by atoms with Crippen LogP contribution >= 0.6 is 11.6 Å². The van der Waals surface area contributed by atoms with Crippen molar-refractivity contribution in [3.05, 3.63) is 59.1 Å². The molecule has 0 amide bonds. The van der Waals surface area contributed by atoms with Gasteiger partial charge in [-0.15, -0.1) is 0 Å². The number of aromatic amines is 1. The summed E-state index contributed by atoms with van der Waals surface area (Å²) in [6, 6.07) is 10.3. The Morgan fingerprint density at radius 3 is 2.64 bits per heavy atom. The zero-order valence-electron chi connectivity index (χ0n) is 17.4. The highest BCUT2D eigenvalue weighted by Crippen LogP contribution is 2.38. The summed E-state index contributed by atoms with van der Waals surface area (Å²) >= 11 is 6.43. The second-order valence-electron chi connectivity index (χ2n) is 7.90. The lowest BCUT2D eigenvalue weighted by Gasteiger charge is -2.32. The first-order valence-electron chi connectivity index (χ1n) is 10.5. The number of aromatic nitrogens is 4. The normalized spacial score (nSPS) is 14.7. The Morgan fingerprint density at radius 1 is 1.12 bits per heavy atom. The minimum absolute atomic E-state index is 0.107. The van der Waals surface area contributed by atoms with E-state index in [2.05, 4.69) is 25.1 Å². The van der Waals surface area contributed by atoms with E-state index in [1.807, 2.05) is 18.2 Å². The van der Waals surface area contributed by atoms with Crippen molar-refractivity contribution >= 4 is 28.5 Å². The van der Waals surface area contributed by atoms with Crippen LogP contribution in [0.5, 0.6) is 11.8 Å². The Kier molecular flexibility index (Phi) is 5.82. The summed E-state index contributed by atoms with van der Waals surface area (Å²) in [5.74, 6) is -0.960. The van der Waals surface area contributed by atoms with E-state index in [1.165, 1.54) is 6.07 Å². The summed E-state index contributed by atoms with van der Waals surface area (Å²) in [4.78, 5) is 11.0. The van der Waals surface area contributed by atoms with E-state index in [0.29, 0.717) is 40.7 Å². The lowest BCUT2D eigenvalue weighted by Crippen LogP contribution is -2.35. The number of aliphatic hydroxyl groups is 1. The van der Waals surface area contributed by atoms with Crippen LogP contribution in [0.2, 0.25) is 5.02 Å². The van der Waals surface area contributed by atoms with E-state index < -0.39 is 11.6 Å². The summed E-state index contributed by atoms with van der Waals surface area (Å²) in [6.07, 6.45) is 1.59. The van der Waals surface area contributed by atoms with Crippen molar-refractivity contribution in [1.82, 2.24) is 20.2 Å². The van der Waals surface area contributed by atoms with Crippen molar-refractivity contribution in [1.29, 1.82) is 0 Å². The van der Waals surface area contributed by atoms with Gasteiger partial charge < -0.3 is 14.7 Å². The summed E-state index contributed by atoms with van der Waals surface area (Å²) in [5.41, 5.74) is 1.74. The SMILES string of the molecule is OCC1CCN(c2nc(Oc3ccc(F)cc3F)nc3n[nH]c(-c4ccccc4Cl)c23)CC1. The van der Waals surface area contributed by atoms with Gasteiger partial charge in [0.2, 0.25) is 0 Å². The van der Waals surface area contributed by atoms with Crippen molar-refractivity contribution in [2.45, 2.75) is 12.8 Å². The molecule has 0 atom stereocenters. The molecule has 0 aliphatic carbocycles. The third-order valence-electron chi connectivity index (χ3n) is 5.78. The maximum atomic E-state index is 14.2. The zero-order chi connectivity index (χ0) is 22.9. The molecule has 0 spiro atoms. The number of nitrogens with one attached hydrogen (secondary N) is 1. The van der Waals surface area contributed by atoms with E-state index in [4.69, 9.17) is 16.3 Å². The number of benzene rings is 2. The van der Waals surface area contributed by atoms with Crippen LogP contribution in [-0.4, -0.2) is 45.0 Å². The topological polar surface area (TPSA) is 87.2 Å². The number of ether oxygens (including phenoxy) is 1. The maximum absolute atomic E-state index is 14.2. The highest BCUT2D eigenvalue weighted by molar-refractivity contribution is 6.33. The van der Waals surface area contributed by atoms with Crippen molar-refractivity contribution in [2.24, 2.45) is 5.92 Å². The third-order valence-corrected chi connectivity index (χ3v) is 6.11. The molecule has 1 saturated heterocycles. The second-order valence-corrected chi connectivity index (χ2v) is 8.30. The van der Waals surface area contributed by atoms with Gasteiger partial charge in [-0.1, -0.05) is 29.8 Å². The van der Waals surface area contributed by atoms with Gasteiger partial charge in [0.15, 0.2) is 17.2 Å². The molecule has 3 heterocycles. The minimum Gasteiger partial charge on any atom is -0.421 e. The van der Waals surface area contributed by atoms with Crippen LogP contribution in [-0.2, 0) is 0 Å². The first-order chi connectivity index (χ1) is 16.0. The van der Waals surface area contributed by atoms with Gasteiger partial charge in [0.25, 0.3) is 0 Å². The van der Waals surface area contributed by atoms with E-state index >= 15 is 0 Å². The van der Waals surface area contributed by atoms with Crippen LogP contribution in [0, 0.1) is 17.6 Å². The van der Waals surface area contributed by atoms with Crippen molar-refractivity contribution in [2.75, 3.05) is 24.6 Å². The number of hydrogen-bond donors (Lipinski definition) is 2. The highest BCUT2D eigenvalue weighted by Gasteiger charge is 2.26. The van der Waals surface area contributed by atoms with Gasteiger partial charge in [-0.3, -0.25) is 5.10 Å². The number of aliphatic hydroxyl groups excluding tert-OH is 1. The summed E-state index contributed by atoms with van der Waals surface area (Å²) < 4.78 is 33.0. The third kappa shape index (κ3) is 4.21. The van der Waals surface area contributed by atoms with Gasteiger partial charge in [0.05, 0.1) is 11.1 Å². The van der Waals surface area contributed by atoms with Gasteiger partial charge in [0, 0.05) is 36.3 Å². The number of nitrogens with zero attached hydrogens (tertiary/aromatic N) is 4. The quantitative estimate of drug-likeness (QED) is 0.428. The van der Waals surface area contributed by atoms with Crippen molar-refractivity contribution in [3.63, 3.8) is 0 Å². The molecule has 7 nitrogen and oxygen atoms in total. The molecule has 2 aromatic heterocycles. The van der Waals surface area contributed by atoms with Gasteiger partial charge in [-0.05, 0) is 37.0 Å². The Hall–Kier alpha value is -3.30. The molecule has 1 aliphatic heterocycles. The molecule has 0 bridgehead atoms. The molecule has 0 saturated carbocycles. The highest BCUT2D eigenvalue weighted by atomic mass is 35.5. The van der Waals surface area contributed by atoms with Gasteiger partial charge in [-0.2, -0.15) is 15.1 Å². The van der Waals surface area contributed by atoms with E-state index in [-0.39, 0.29) is 24.3 Å². The predicted octanol–water partition coefficient (Wildman–Crippen LogP) is 4.95. The fraction of sp³-hybridized carbons (Fsp3) is 0.261. The lowest BCUT2D eigenvalue weighted by atomic mass is 9.97. The lowest BCUT2D eigenvalue weighted by molar-refractivity contribution is 0.203. The Morgan fingerprint density at radius 2 is 1.91 bits per heavy atom. The van der Waals surface area contributed by atoms with Crippen LogP contribution in [0.15, 0.2) is 42.5 Å². The molecule has 10 heteroatoms. The molecule has 5 rings (SSSR count). The Bertz CT molecular complexity index is 1310. The molecule has 0 unspecified atom stereocenters. The number of hydrogen-bond acceptors (Lipinski definition) is 6. The first-order valence-corrected chi connectivity index (χ1v) is 10.9. The smallest absolute Gasteiger partial charge is 0.326 e. The van der Waals surface area contributed by atoms with Crippen LogP contribution in [0.3, 0.4) is 0 Å². The molecule has 0 radical (unpaired) electrons. The summed E-state index contributed by atoms with van der Waals surface area (Å²) in [7, 11) is 0. The van der Waals surface area contributed by atoms with Crippen LogP contribution in [0.25, 0.3) is 22.3 Å². The van der Waals surface area contributed by atoms with Gasteiger partial charge >= 0.3 is 6.01 Å². The van der Waals surface area contributed by atoms with Gasteiger partial charge in [-0.25, -0.2) is 8.78 Å². The fourth-order valence-electron chi connectivity index (χ4n) is 4.00. The summed E-state index contributed by atoms with van der Waals surface area (Å²) in [5, 5.41) is 18.0.